The van der Waals surface area contributed by atoms with Crippen LogP contribution >= 0.6 is 0 Å². The van der Waals surface area contributed by atoms with E-state index in [1.807, 2.05) is 32.9 Å². The molecule has 0 fully saturated rings. The predicted molar refractivity (Wildman–Crippen MR) is 131 cm³/mol. The lowest BCUT2D eigenvalue weighted by Crippen LogP contribution is -2.13. The molecule has 1 aromatic heterocycles. The van der Waals surface area contributed by atoms with Crippen LogP contribution in [0, 0.1) is 12.8 Å². The molecule has 36 heavy (non-hydrogen) atoms. The number of aryl methyl sites for hydroxylation is 1. The Morgan fingerprint density at radius 1 is 1.03 bits per heavy atom. The largest absolute Gasteiger partial charge is 0.462 e. The fourth-order valence-electron chi connectivity index (χ4n) is 3.51. The van der Waals surface area contributed by atoms with Crippen molar-refractivity contribution < 1.29 is 22.7 Å². The normalized spacial score (nSPS) is 11.5. The highest BCUT2D eigenvalue weighted by atomic mass is 19.4. The monoisotopic (exact) mass is 494 g/mol. The van der Waals surface area contributed by atoms with Gasteiger partial charge in [-0.3, -0.25) is 4.79 Å². The van der Waals surface area contributed by atoms with Gasteiger partial charge in [-0.25, -0.2) is 4.68 Å². The fraction of sp³-hybridized carbons (Fsp3) is 0.222. The van der Waals surface area contributed by atoms with Gasteiger partial charge in [-0.2, -0.15) is 18.2 Å². The second-order valence-electron chi connectivity index (χ2n) is 8.73. The molecule has 0 saturated carbocycles. The molecule has 0 radical (unpaired) electrons. The van der Waals surface area contributed by atoms with E-state index in [0.717, 1.165) is 17.7 Å². The number of nitrogens with one attached hydrogen (secondary N) is 1. The minimum absolute atomic E-state index is 0.0630. The van der Waals surface area contributed by atoms with Gasteiger partial charge in [0.2, 0.25) is 0 Å². The first kappa shape index (κ1) is 25.0. The maximum Gasteiger partial charge on any atom is 0.416 e. The molecular weight excluding hydrogens is 469 g/mol. The Morgan fingerprint density at radius 2 is 1.75 bits per heavy atom. The van der Waals surface area contributed by atoms with Crippen molar-refractivity contribution in [1.82, 2.24) is 14.8 Å². The average molecular weight is 495 g/mol. The summed E-state index contributed by atoms with van der Waals surface area (Å²) in [6, 6.07) is 19.0. The molecule has 0 saturated heterocycles. The van der Waals surface area contributed by atoms with Crippen LogP contribution in [0.15, 0.2) is 72.8 Å². The lowest BCUT2D eigenvalue weighted by atomic mass is 10.1. The Bertz CT molecular complexity index is 1360. The standard InChI is InChI=1S/C27H25F3N4O2/c1-17(2)16-36-26-32-24(19-8-6-9-20(15-19)27(28,29)30)34(33-26)22-13-11-21(12-14-22)31-25(35)23-10-5-4-7-18(23)3/h4-15,17H,16H2,1-3H3,(H,31,35). The van der Waals surface area contributed by atoms with Crippen LogP contribution in [-0.4, -0.2) is 27.3 Å². The molecule has 0 aliphatic carbocycles. The summed E-state index contributed by atoms with van der Waals surface area (Å²) in [5.74, 6) is 0.178. The number of benzene rings is 3. The van der Waals surface area contributed by atoms with E-state index in [0.29, 0.717) is 23.5 Å². The van der Waals surface area contributed by atoms with Crippen LogP contribution in [0.2, 0.25) is 0 Å². The second-order valence-corrected chi connectivity index (χ2v) is 8.73. The van der Waals surface area contributed by atoms with Gasteiger partial charge < -0.3 is 10.1 Å². The van der Waals surface area contributed by atoms with Crippen molar-refractivity contribution in [2.45, 2.75) is 26.9 Å². The topological polar surface area (TPSA) is 69.0 Å². The van der Waals surface area contributed by atoms with Gasteiger partial charge in [-0.1, -0.05) is 44.2 Å². The van der Waals surface area contributed by atoms with E-state index in [-0.39, 0.29) is 29.2 Å². The zero-order valence-corrected chi connectivity index (χ0v) is 20.0. The Kier molecular flexibility index (Phi) is 7.10. The lowest BCUT2D eigenvalue weighted by molar-refractivity contribution is -0.137. The number of carbonyl (C=O) groups is 1. The minimum atomic E-state index is -4.49. The number of nitrogens with zero attached hydrogens (tertiary/aromatic N) is 3. The molecule has 9 heteroatoms. The van der Waals surface area contributed by atoms with Crippen LogP contribution in [0.5, 0.6) is 6.01 Å². The number of ether oxygens (including phenoxy) is 1. The van der Waals surface area contributed by atoms with E-state index in [4.69, 9.17) is 4.74 Å². The molecule has 3 aromatic carbocycles. The Balaban J connectivity index is 1.66. The Labute approximate surface area is 206 Å². The molecule has 186 valence electrons. The molecular formula is C27H25F3N4O2. The van der Waals surface area contributed by atoms with Crippen molar-refractivity contribution in [2.24, 2.45) is 5.92 Å². The lowest BCUT2D eigenvalue weighted by Gasteiger charge is -2.11. The summed E-state index contributed by atoms with van der Waals surface area (Å²) in [5, 5.41) is 7.24. The summed E-state index contributed by atoms with van der Waals surface area (Å²) >= 11 is 0. The molecule has 0 bridgehead atoms. The van der Waals surface area contributed by atoms with E-state index in [2.05, 4.69) is 15.4 Å². The molecule has 0 unspecified atom stereocenters. The molecule has 6 nitrogen and oxygen atoms in total. The Morgan fingerprint density at radius 3 is 2.42 bits per heavy atom. The molecule has 0 atom stereocenters. The first-order valence-electron chi connectivity index (χ1n) is 11.4. The summed E-state index contributed by atoms with van der Waals surface area (Å²) in [5.41, 5.74) is 1.99. The molecule has 4 aromatic rings. The first-order chi connectivity index (χ1) is 17.1. The first-order valence-corrected chi connectivity index (χ1v) is 11.4. The van der Waals surface area contributed by atoms with Crippen LogP contribution in [0.4, 0.5) is 18.9 Å². The zero-order chi connectivity index (χ0) is 25.9. The SMILES string of the molecule is Cc1ccccc1C(=O)Nc1ccc(-n2nc(OCC(C)C)nc2-c2cccc(C(F)(F)F)c2)cc1. The minimum Gasteiger partial charge on any atom is -0.462 e. The highest BCUT2D eigenvalue weighted by Crippen LogP contribution is 2.33. The molecule has 0 aliphatic heterocycles. The highest BCUT2D eigenvalue weighted by Gasteiger charge is 2.31. The van der Waals surface area contributed by atoms with E-state index in [9.17, 15) is 18.0 Å². The zero-order valence-electron chi connectivity index (χ0n) is 20.0. The van der Waals surface area contributed by atoms with Crippen molar-refractivity contribution >= 4 is 11.6 Å². The van der Waals surface area contributed by atoms with Gasteiger partial charge in [0.05, 0.1) is 17.9 Å². The van der Waals surface area contributed by atoms with Gasteiger partial charge in [0.15, 0.2) is 5.82 Å². The summed E-state index contributed by atoms with van der Waals surface area (Å²) in [4.78, 5) is 17.0. The number of halogens is 3. The van der Waals surface area contributed by atoms with Crippen molar-refractivity contribution in [2.75, 3.05) is 11.9 Å². The smallest absolute Gasteiger partial charge is 0.416 e. The number of carbonyl (C=O) groups excluding carboxylic acids is 1. The molecule has 4 rings (SSSR count). The number of amides is 1. The van der Waals surface area contributed by atoms with Crippen LogP contribution in [0.3, 0.4) is 0 Å². The van der Waals surface area contributed by atoms with E-state index >= 15 is 0 Å². The number of rotatable bonds is 7. The number of alkyl halides is 3. The third kappa shape index (κ3) is 5.73. The van der Waals surface area contributed by atoms with Gasteiger partial charge in [0.25, 0.3) is 5.91 Å². The van der Waals surface area contributed by atoms with Gasteiger partial charge in [-0.05, 0) is 60.9 Å². The maximum absolute atomic E-state index is 13.3. The van der Waals surface area contributed by atoms with Crippen molar-refractivity contribution in [3.63, 3.8) is 0 Å². The van der Waals surface area contributed by atoms with Crippen molar-refractivity contribution in [3.05, 3.63) is 89.5 Å². The number of hydrogen-bond acceptors (Lipinski definition) is 4. The molecule has 0 spiro atoms. The van der Waals surface area contributed by atoms with Crippen molar-refractivity contribution in [1.29, 1.82) is 0 Å². The number of hydrogen-bond donors (Lipinski definition) is 1. The van der Waals surface area contributed by atoms with E-state index in [1.54, 1.807) is 42.5 Å². The average Bonchev–Trinajstić information content (AvgIpc) is 3.27. The highest BCUT2D eigenvalue weighted by molar-refractivity contribution is 6.05. The van der Waals surface area contributed by atoms with Crippen LogP contribution in [0.1, 0.15) is 35.3 Å². The van der Waals surface area contributed by atoms with E-state index in [1.165, 1.54) is 10.7 Å². The quantitative estimate of drug-likeness (QED) is 0.316. The summed E-state index contributed by atoms with van der Waals surface area (Å²) in [6.45, 7) is 6.15. The predicted octanol–water partition coefficient (Wildman–Crippen LogP) is 6.55. The fourth-order valence-corrected chi connectivity index (χ4v) is 3.51. The van der Waals surface area contributed by atoms with Crippen LogP contribution in [0.25, 0.3) is 17.1 Å². The number of aromatic nitrogens is 3. The summed E-state index contributed by atoms with van der Waals surface area (Å²) in [6.07, 6.45) is -4.49. The van der Waals surface area contributed by atoms with Gasteiger partial charge in [0.1, 0.15) is 0 Å². The third-order valence-corrected chi connectivity index (χ3v) is 5.34. The van der Waals surface area contributed by atoms with Gasteiger partial charge in [0, 0.05) is 16.8 Å². The Hall–Kier alpha value is -4.14. The third-order valence-electron chi connectivity index (χ3n) is 5.34. The van der Waals surface area contributed by atoms with Crippen molar-refractivity contribution in [3.8, 4) is 23.1 Å². The molecule has 0 aliphatic rings. The number of anilines is 1. The molecule has 1 N–H and O–H groups in total. The van der Waals surface area contributed by atoms with Crippen LogP contribution < -0.4 is 10.1 Å². The van der Waals surface area contributed by atoms with E-state index < -0.39 is 11.7 Å². The van der Waals surface area contributed by atoms with Gasteiger partial charge >= 0.3 is 12.2 Å². The molecule has 1 amide bonds. The van der Waals surface area contributed by atoms with Crippen LogP contribution in [-0.2, 0) is 6.18 Å². The summed E-state index contributed by atoms with van der Waals surface area (Å²) < 4.78 is 47.0. The molecule has 1 heterocycles. The summed E-state index contributed by atoms with van der Waals surface area (Å²) in [7, 11) is 0. The second kappa shape index (κ2) is 10.2. The van der Waals surface area contributed by atoms with Gasteiger partial charge in [-0.15, -0.1) is 5.10 Å². The maximum atomic E-state index is 13.3.